The van der Waals surface area contributed by atoms with Crippen molar-refractivity contribution in [3.8, 4) is 68.5 Å². The summed E-state index contributed by atoms with van der Waals surface area (Å²) in [7, 11) is 0. The highest BCUT2D eigenvalue weighted by Crippen LogP contribution is 2.41. The minimum Gasteiger partial charge on any atom is -0.285 e. The number of hydrogen-bond donors (Lipinski definition) is 0. The Morgan fingerprint density at radius 2 is 0.824 bits per heavy atom. The van der Waals surface area contributed by atoms with Crippen molar-refractivity contribution in [2.45, 2.75) is 96.1 Å². The predicted octanol–water partition coefficient (Wildman–Crippen LogP) is 21.1. The zero-order valence-electron chi connectivity index (χ0n) is 46.6. The summed E-state index contributed by atoms with van der Waals surface area (Å²) >= 11 is 0. The van der Waals surface area contributed by atoms with Crippen LogP contribution in [0, 0.1) is 33.6 Å². The third-order valence-corrected chi connectivity index (χ3v) is 11.8. The molecule has 0 aromatic heterocycles. The van der Waals surface area contributed by atoms with E-state index in [4.69, 9.17) is 4.99 Å². The van der Waals surface area contributed by atoms with E-state index in [1.165, 1.54) is 100 Å². The molecule has 1 aliphatic rings. The van der Waals surface area contributed by atoms with Crippen LogP contribution in [0.15, 0.2) is 242 Å². The van der Waals surface area contributed by atoms with Crippen LogP contribution in [0.3, 0.4) is 0 Å². The maximum atomic E-state index is 4.79. The lowest BCUT2D eigenvalue weighted by Crippen LogP contribution is -1.96. The van der Waals surface area contributed by atoms with Gasteiger partial charge in [0.25, 0.3) is 0 Å². The largest absolute Gasteiger partial charge is 0.285 e. The number of fused-ring (bicyclic) bond motifs is 3. The van der Waals surface area contributed by atoms with Crippen LogP contribution in [0.2, 0.25) is 0 Å². The van der Waals surface area contributed by atoms with E-state index in [0.717, 1.165) is 12.1 Å². The second-order valence-electron chi connectivity index (χ2n) is 17.3. The summed E-state index contributed by atoms with van der Waals surface area (Å²) in [5.41, 5.74) is 24.7. The van der Waals surface area contributed by atoms with Gasteiger partial charge in [0.1, 0.15) is 0 Å². The lowest BCUT2D eigenvalue weighted by atomic mass is 9.91. The van der Waals surface area contributed by atoms with E-state index in [0.29, 0.717) is 6.54 Å². The number of rotatable bonds is 7. The fraction of sp³-hybridized carbons (Fsp3) is 0.192. The van der Waals surface area contributed by atoms with Gasteiger partial charge in [-0.15, -0.1) is 19.4 Å². The molecule has 0 amide bonds. The molecule has 0 atom stereocenters. The summed E-state index contributed by atoms with van der Waals surface area (Å²) in [6.45, 7) is 28.9. The van der Waals surface area contributed by atoms with Gasteiger partial charge in [-0.05, 0) is 137 Å². The Hall–Kier alpha value is -8.05. The highest BCUT2D eigenvalue weighted by Gasteiger charge is 2.21. The van der Waals surface area contributed by atoms with Crippen LogP contribution >= 0.6 is 0 Å². The third kappa shape index (κ3) is 18.2. The molecule has 0 saturated heterocycles. The molecule has 9 aromatic carbocycles. The van der Waals surface area contributed by atoms with Crippen molar-refractivity contribution in [2.75, 3.05) is 0 Å². The van der Waals surface area contributed by atoms with Gasteiger partial charge in [0.05, 0.1) is 6.54 Å². The van der Waals surface area contributed by atoms with Gasteiger partial charge in [0.15, 0.2) is 0 Å². The zero-order chi connectivity index (χ0) is 54.3. The first-order chi connectivity index (χ1) is 36.1. The van der Waals surface area contributed by atoms with Crippen LogP contribution in [-0.2, 0) is 13.0 Å². The molecule has 0 heterocycles. The van der Waals surface area contributed by atoms with Gasteiger partial charge in [-0.2, -0.15) is 0 Å². The monoisotopic (exact) mass is 972 g/mol. The molecule has 1 heteroatoms. The maximum absolute atomic E-state index is 4.79. The maximum Gasteiger partial charge on any atom is 0.0643 e. The molecule has 0 aliphatic heterocycles. The zero-order valence-corrected chi connectivity index (χ0v) is 46.6. The van der Waals surface area contributed by atoms with Crippen molar-refractivity contribution in [3.63, 3.8) is 0 Å². The van der Waals surface area contributed by atoms with Crippen LogP contribution in [-0.4, -0.2) is 5.71 Å². The Bertz CT molecular complexity index is 3040. The number of aryl methyl sites for hydroxylation is 2. The molecular formula is C73H81N. The van der Waals surface area contributed by atoms with Crippen molar-refractivity contribution in [1.82, 2.24) is 0 Å². The van der Waals surface area contributed by atoms with Gasteiger partial charge in [0, 0.05) is 5.71 Å². The molecule has 0 N–H and O–H groups in total. The number of hydrogen-bond acceptors (Lipinski definition) is 1. The smallest absolute Gasteiger partial charge is 0.0643 e. The fourth-order valence-corrected chi connectivity index (χ4v) is 8.26. The van der Waals surface area contributed by atoms with Crippen LogP contribution in [0.5, 0.6) is 0 Å². The van der Waals surface area contributed by atoms with Gasteiger partial charge >= 0.3 is 0 Å². The van der Waals surface area contributed by atoms with Crippen LogP contribution in [0.25, 0.3) is 55.6 Å². The molecule has 74 heavy (non-hydrogen) atoms. The quantitative estimate of drug-likeness (QED) is 0.0857. The molecule has 10 rings (SSSR count). The topological polar surface area (TPSA) is 12.4 Å². The second kappa shape index (κ2) is 33.6. The Morgan fingerprint density at radius 3 is 1.32 bits per heavy atom. The van der Waals surface area contributed by atoms with E-state index < -0.39 is 0 Å². The SMILES string of the molecule is C#C.C=C(C)C.CC.CC.CC.CC(=NCc1ccc(-c2ccccc2)cc1)c1ccc(-c2ccccc2)cc1.Cc1cccc(-c2ccccc2)c1.Cc1ccccc1-c1ccc2c(c1C)Cc1ccccc1-2. The highest BCUT2D eigenvalue weighted by atomic mass is 14.7. The van der Waals surface area contributed by atoms with Gasteiger partial charge in [-0.25, -0.2) is 0 Å². The average molecular weight is 972 g/mol. The molecular weight excluding hydrogens is 891 g/mol. The molecule has 0 spiro atoms. The number of nitrogens with zero attached hydrogens (tertiary/aromatic N) is 1. The minimum atomic E-state index is 0.696. The lowest BCUT2D eigenvalue weighted by Gasteiger charge is -2.13. The molecule has 0 fully saturated rings. The van der Waals surface area contributed by atoms with E-state index in [-0.39, 0.29) is 0 Å². The van der Waals surface area contributed by atoms with Gasteiger partial charge < -0.3 is 0 Å². The molecule has 0 unspecified atom stereocenters. The Labute approximate surface area is 448 Å². The third-order valence-electron chi connectivity index (χ3n) is 11.8. The Kier molecular flexibility index (Phi) is 27.3. The fourth-order valence-electron chi connectivity index (χ4n) is 8.26. The van der Waals surface area contributed by atoms with E-state index in [1.54, 1.807) is 0 Å². The van der Waals surface area contributed by atoms with Gasteiger partial charge in [-0.3, -0.25) is 4.99 Å². The van der Waals surface area contributed by atoms with Gasteiger partial charge in [0.2, 0.25) is 0 Å². The summed E-state index contributed by atoms with van der Waals surface area (Å²) in [5, 5.41) is 0. The standard InChI is InChI=1S/C27H23N.C21H18.C13H12.C4H8.3C2H6.C2H2/c1-21(23-16-18-27(19-17-23)25-10-6-3-7-11-25)28-20-22-12-14-26(15-13-22)24-8-4-2-5-9-24;1-14-7-3-5-9-17(14)18-11-12-20-19-10-6-4-8-16(19)13-21(20)15(18)2;1-11-6-5-9-13(10-11)12-7-3-2-4-8-12;1-4(2)3;4*1-2/h2-19H,20H2,1H3;3-12H,13H2,1-2H3;2-10H,1H3;1H2,2-3H3;3*1-2H3;1-2H. The number of aliphatic imine (C=N–C) groups is 1. The second-order valence-corrected chi connectivity index (χ2v) is 17.3. The first kappa shape index (κ1) is 60.3. The average Bonchev–Trinajstić information content (AvgIpc) is 3.86. The molecule has 0 saturated carbocycles. The van der Waals surface area contributed by atoms with E-state index in [2.05, 4.69) is 253 Å². The van der Waals surface area contributed by atoms with Crippen molar-refractivity contribution in [3.05, 3.63) is 276 Å². The van der Waals surface area contributed by atoms with Crippen molar-refractivity contribution in [2.24, 2.45) is 4.99 Å². The molecule has 9 aromatic rings. The summed E-state index contributed by atoms with van der Waals surface area (Å²) < 4.78 is 0. The number of terminal acetylenes is 1. The summed E-state index contributed by atoms with van der Waals surface area (Å²) in [5.74, 6) is 0. The molecule has 0 radical (unpaired) electrons. The van der Waals surface area contributed by atoms with Gasteiger partial charge in [-0.1, -0.05) is 277 Å². The van der Waals surface area contributed by atoms with Crippen molar-refractivity contribution < 1.29 is 0 Å². The molecule has 0 bridgehead atoms. The molecule has 1 nitrogen and oxygen atoms in total. The number of allylic oxidation sites excluding steroid dienone is 1. The van der Waals surface area contributed by atoms with Crippen LogP contribution < -0.4 is 0 Å². The predicted molar refractivity (Wildman–Crippen MR) is 330 cm³/mol. The van der Waals surface area contributed by atoms with Crippen molar-refractivity contribution >= 4 is 5.71 Å². The van der Waals surface area contributed by atoms with Crippen LogP contribution in [0.4, 0.5) is 0 Å². The summed E-state index contributed by atoms with van der Waals surface area (Å²) in [6.07, 6.45) is 9.07. The number of benzene rings is 9. The highest BCUT2D eigenvalue weighted by molar-refractivity contribution is 5.99. The van der Waals surface area contributed by atoms with Crippen molar-refractivity contribution in [1.29, 1.82) is 0 Å². The summed E-state index contributed by atoms with van der Waals surface area (Å²) in [4.78, 5) is 4.79. The van der Waals surface area contributed by atoms with Crippen LogP contribution in [0.1, 0.15) is 101 Å². The lowest BCUT2D eigenvalue weighted by molar-refractivity contribution is 1.07. The molecule has 378 valence electrons. The van der Waals surface area contributed by atoms with E-state index >= 15 is 0 Å². The Balaban J connectivity index is 0.000000276. The summed E-state index contributed by atoms with van der Waals surface area (Å²) in [6, 6.07) is 79.2. The van der Waals surface area contributed by atoms with E-state index in [1.807, 2.05) is 73.6 Å². The Morgan fingerprint density at radius 1 is 0.419 bits per heavy atom. The van der Waals surface area contributed by atoms with E-state index in [9.17, 15) is 0 Å². The first-order valence-electron chi connectivity index (χ1n) is 26.3. The molecule has 1 aliphatic carbocycles. The minimum absolute atomic E-state index is 0.696. The normalized spacial score (nSPS) is 10.1. The first-order valence-corrected chi connectivity index (χ1v) is 26.3.